The van der Waals surface area contributed by atoms with Gasteiger partial charge in [-0.1, -0.05) is 36.4 Å². The quantitative estimate of drug-likeness (QED) is 0.588. The molecule has 6 heteroatoms. The summed E-state index contributed by atoms with van der Waals surface area (Å²) in [6.45, 7) is 2.03. The summed E-state index contributed by atoms with van der Waals surface area (Å²) in [5.41, 5.74) is 1.09. The highest BCUT2D eigenvalue weighted by molar-refractivity contribution is 9.10. The Hall–Kier alpha value is -2.73. The molecule has 0 unspecified atom stereocenters. The molecular formula is C20H17BrN2O3. The number of esters is 1. The van der Waals surface area contributed by atoms with Gasteiger partial charge in [0.05, 0.1) is 11.3 Å². The summed E-state index contributed by atoms with van der Waals surface area (Å²) >= 11 is 3.25. The summed E-state index contributed by atoms with van der Waals surface area (Å²) in [6, 6.07) is 15.3. The third kappa shape index (κ3) is 3.91. The Morgan fingerprint density at radius 3 is 2.65 bits per heavy atom. The molecule has 1 aromatic heterocycles. The van der Waals surface area contributed by atoms with Gasteiger partial charge < -0.3 is 9.64 Å². The van der Waals surface area contributed by atoms with E-state index < -0.39 is 5.97 Å². The number of hydrogen-bond donors (Lipinski definition) is 0. The lowest BCUT2D eigenvalue weighted by atomic mass is 10.1. The minimum atomic E-state index is -0.582. The molecule has 2 aromatic carbocycles. The number of fused-ring (bicyclic) bond motifs is 1. The van der Waals surface area contributed by atoms with E-state index in [1.165, 1.54) is 6.20 Å². The molecule has 0 aliphatic carbocycles. The maximum Gasteiger partial charge on any atom is 0.340 e. The van der Waals surface area contributed by atoms with Crippen molar-refractivity contribution in [2.45, 2.75) is 6.92 Å². The van der Waals surface area contributed by atoms with Crippen LogP contribution in [0.4, 0.5) is 5.69 Å². The molecule has 0 radical (unpaired) electrons. The molecule has 5 nitrogen and oxygen atoms in total. The van der Waals surface area contributed by atoms with E-state index in [2.05, 4.69) is 20.9 Å². The van der Waals surface area contributed by atoms with Crippen LogP contribution in [0, 0.1) is 0 Å². The maximum atomic E-state index is 12.6. The SMILES string of the molecule is CCN(C(=O)COC(=O)c1cncc(Br)c1)c1cccc2ccccc12. The summed E-state index contributed by atoms with van der Waals surface area (Å²) < 4.78 is 5.84. The summed E-state index contributed by atoms with van der Waals surface area (Å²) in [6.07, 6.45) is 2.97. The van der Waals surface area contributed by atoms with Crippen molar-refractivity contribution in [3.05, 3.63) is 71.0 Å². The molecule has 0 atom stereocenters. The first kappa shape index (κ1) is 18.1. The molecule has 0 saturated carbocycles. The van der Waals surface area contributed by atoms with Crippen LogP contribution < -0.4 is 4.90 Å². The van der Waals surface area contributed by atoms with Gasteiger partial charge in [-0.05, 0) is 40.4 Å². The lowest BCUT2D eigenvalue weighted by Crippen LogP contribution is -2.34. The van der Waals surface area contributed by atoms with E-state index >= 15 is 0 Å². The number of carbonyl (C=O) groups is 2. The molecule has 26 heavy (non-hydrogen) atoms. The number of halogens is 1. The lowest BCUT2D eigenvalue weighted by molar-refractivity contribution is -0.121. The van der Waals surface area contributed by atoms with Gasteiger partial charge in [-0.3, -0.25) is 9.78 Å². The number of pyridine rings is 1. The fourth-order valence-corrected chi connectivity index (χ4v) is 3.10. The number of carbonyl (C=O) groups excluding carboxylic acids is 2. The second-order valence-electron chi connectivity index (χ2n) is 5.60. The lowest BCUT2D eigenvalue weighted by Gasteiger charge is -2.22. The Kier molecular flexibility index (Phi) is 5.63. The van der Waals surface area contributed by atoms with Crippen molar-refractivity contribution in [3.63, 3.8) is 0 Å². The van der Waals surface area contributed by atoms with Gasteiger partial charge in [0.2, 0.25) is 0 Å². The smallest absolute Gasteiger partial charge is 0.340 e. The number of nitrogens with zero attached hydrogens (tertiary/aromatic N) is 2. The zero-order valence-electron chi connectivity index (χ0n) is 14.2. The van der Waals surface area contributed by atoms with Crippen LogP contribution >= 0.6 is 15.9 Å². The van der Waals surface area contributed by atoms with Crippen LogP contribution in [0.2, 0.25) is 0 Å². The number of aromatic nitrogens is 1. The van der Waals surface area contributed by atoms with Crippen LogP contribution in [0.25, 0.3) is 10.8 Å². The first-order valence-corrected chi connectivity index (χ1v) is 8.95. The molecule has 0 fully saturated rings. The standard InChI is InChI=1S/C20H17BrN2O3/c1-2-23(18-9-5-7-14-6-3-4-8-17(14)18)19(24)13-26-20(25)15-10-16(21)12-22-11-15/h3-12H,2,13H2,1H3. The molecule has 0 bridgehead atoms. The van der Waals surface area contributed by atoms with Crippen LogP contribution in [-0.2, 0) is 9.53 Å². The van der Waals surface area contributed by atoms with Crippen LogP contribution in [0.3, 0.4) is 0 Å². The second kappa shape index (κ2) is 8.10. The minimum Gasteiger partial charge on any atom is -0.452 e. The van der Waals surface area contributed by atoms with Crippen molar-refractivity contribution in [3.8, 4) is 0 Å². The molecular weight excluding hydrogens is 396 g/mol. The predicted octanol–water partition coefficient (Wildman–Crippen LogP) is 4.21. The van der Waals surface area contributed by atoms with Gasteiger partial charge in [0.25, 0.3) is 5.91 Å². The Bertz CT molecular complexity index is 953. The van der Waals surface area contributed by atoms with Gasteiger partial charge >= 0.3 is 5.97 Å². The number of anilines is 1. The molecule has 0 spiro atoms. The van der Waals surface area contributed by atoms with E-state index in [1.807, 2.05) is 49.4 Å². The molecule has 0 saturated heterocycles. The van der Waals surface area contributed by atoms with E-state index in [0.29, 0.717) is 16.6 Å². The molecule has 3 aromatic rings. The Morgan fingerprint density at radius 1 is 1.12 bits per heavy atom. The molecule has 3 rings (SSSR count). The Labute approximate surface area is 159 Å². The van der Waals surface area contributed by atoms with Crippen molar-refractivity contribution in [2.75, 3.05) is 18.1 Å². The zero-order chi connectivity index (χ0) is 18.5. The number of likely N-dealkylation sites (N-methyl/N-ethyl adjacent to an activating group) is 1. The van der Waals surface area contributed by atoms with Crippen LogP contribution in [0.1, 0.15) is 17.3 Å². The summed E-state index contributed by atoms with van der Waals surface area (Å²) in [7, 11) is 0. The third-order valence-electron chi connectivity index (χ3n) is 3.94. The molecule has 0 N–H and O–H groups in total. The van der Waals surface area contributed by atoms with Gasteiger partial charge in [-0.15, -0.1) is 0 Å². The van der Waals surface area contributed by atoms with Crippen molar-refractivity contribution in [1.29, 1.82) is 0 Å². The average Bonchev–Trinajstić information content (AvgIpc) is 2.67. The van der Waals surface area contributed by atoms with Crippen LogP contribution in [0.15, 0.2) is 65.4 Å². The summed E-state index contributed by atoms with van der Waals surface area (Å²) in [4.78, 5) is 30.3. The number of amides is 1. The fraction of sp³-hybridized carbons (Fsp3) is 0.150. The maximum absolute atomic E-state index is 12.6. The van der Waals surface area contributed by atoms with Crippen LogP contribution in [-0.4, -0.2) is 30.0 Å². The molecule has 0 aliphatic rings. The Balaban J connectivity index is 1.76. The van der Waals surface area contributed by atoms with Crippen molar-refractivity contribution in [2.24, 2.45) is 0 Å². The number of hydrogen-bond acceptors (Lipinski definition) is 4. The topological polar surface area (TPSA) is 59.5 Å². The molecule has 132 valence electrons. The van der Waals surface area contributed by atoms with Crippen molar-refractivity contribution in [1.82, 2.24) is 4.98 Å². The van der Waals surface area contributed by atoms with Crippen molar-refractivity contribution >= 4 is 44.3 Å². The molecule has 1 heterocycles. The van der Waals surface area contributed by atoms with Gasteiger partial charge in [0.15, 0.2) is 6.61 Å². The highest BCUT2D eigenvalue weighted by atomic mass is 79.9. The van der Waals surface area contributed by atoms with Gasteiger partial charge in [0.1, 0.15) is 0 Å². The van der Waals surface area contributed by atoms with Gasteiger partial charge in [-0.25, -0.2) is 4.79 Å². The highest BCUT2D eigenvalue weighted by Crippen LogP contribution is 2.26. The van der Waals surface area contributed by atoms with E-state index in [1.54, 1.807) is 17.2 Å². The van der Waals surface area contributed by atoms with E-state index in [9.17, 15) is 9.59 Å². The third-order valence-corrected chi connectivity index (χ3v) is 4.38. The second-order valence-corrected chi connectivity index (χ2v) is 6.52. The van der Waals surface area contributed by atoms with E-state index in [0.717, 1.165) is 16.5 Å². The van der Waals surface area contributed by atoms with E-state index in [4.69, 9.17) is 4.74 Å². The minimum absolute atomic E-state index is 0.278. The highest BCUT2D eigenvalue weighted by Gasteiger charge is 2.18. The van der Waals surface area contributed by atoms with E-state index in [-0.39, 0.29) is 12.5 Å². The number of ether oxygens (including phenoxy) is 1. The zero-order valence-corrected chi connectivity index (χ0v) is 15.8. The number of rotatable bonds is 5. The predicted molar refractivity (Wildman–Crippen MR) is 104 cm³/mol. The normalized spacial score (nSPS) is 10.5. The first-order valence-electron chi connectivity index (χ1n) is 8.16. The number of benzene rings is 2. The fourth-order valence-electron chi connectivity index (χ4n) is 2.74. The molecule has 0 aliphatic heterocycles. The van der Waals surface area contributed by atoms with Crippen LogP contribution in [0.5, 0.6) is 0 Å². The van der Waals surface area contributed by atoms with Gasteiger partial charge in [0, 0.05) is 28.8 Å². The summed E-state index contributed by atoms with van der Waals surface area (Å²) in [5, 5.41) is 2.03. The molecule has 1 amide bonds. The van der Waals surface area contributed by atoms with Gasteiger partial charge in [-0.2, -0.15) is 0 Å². The monoisotopic (exact) mass is 412 g/mol. The average molecular weight is 413 g/mol. The first-order chi connectivity index (χ1) is 12.6. The largest absolute Gasteiger partial charge is 0.452 e. The Morgan fingerprint density at radius 2 is 1.88 bits per heavy atom. The summed E-state index contributed by atoms with van der Waals surface area (Å²) in [5.74, 6) is -0.860. The van der Waals surface area contributed by atoms with Crippen molar-refractivity contribution < 1.29 is 14.3 Å².